The van der Waals surface area contributed by atoms with Crippen molar-refractivity contribution in [2.75, 3.05) is 31.4 Å². The monoisotopic (exact) mass is 526 g/mol. The van der Waals surface area contributed by atoms with E-state index in [4.69, 9.17) is 25.8 Å². The minimum absolute atomic E-state index is 0.0288. The number of allylic oxidation sites excluding steroid dienone is 2. The van der Waals surface area contributed by atoms with Crippen LogP contribution in [-0.4, -0.2) is 29.7 Å². The van der Waals surface area contributed by atoms with Gasteiger partial charge in [0.1, 0.15) is 17.2 Å². The van der Waals surface area contributed by atoms with Crippen molar-refractivity contribution in [3.8, 4) is 17.2 Å². The van der Waals surface area contributed by atoms with Gasteiger partial charge in [0, 0.05) is 22.2 Å². The fraction of sp³-hybridized carbons (Fsp3) is 0.259. The second-order valence-corrected chi connectivity index (χ2v) is 10.9. The molecule has 0 bridgehead atoms. The molecule has 2 aliphatic rings. The Labute approximate surface area is 216 Å². The Morgan fingerprint density at radius 2 is 1.69 bits per heavy atom. The summed E-state index contributed by atoms with van der Waals surface area (Å²) in [6.07, 6.45) is 5.17. The van der Waals surface area contributed by atoms with E-state index in [1.807, 2.05) is 24.3 Å². The topological polar surface area (TPSA) is 85.9 Å². The summed E-state index contributed by atoms with van der Waals surface area (Å²) in [7, 11) is 0.892. The Balaban J connectivity index is 1.51. The van der Waals surface area contributed by atoms with Crippen molar-refractivity contribution in [2.45, 2.75) is 23.3 Å². The normalized spacial score (nSPS) is 20.2. The molecule has 0 spiro atoms. The summed E-state index contributed by atoms with van der Waals surface area (Å²) in [5.41, 5.74) is 3.11. The third-order valence-electron chi connectivity index (χ3n) is 6.82. The van der Waals surface area contributed by atoms with Crippen LogP contribution in [0.2, 0.25) is 5.02 Å². The maximum atomic E-state index is 13.3. The van der Waals surface area contributed by atoms with Gasteiger partial charge in [-0.25, -0.2) is 8.42 Å². The molecule has 1 heterocycles. The van der Waals surface area contributed by atoms with Gasteiger partial charge in [-0.05, 0) is 72.5 Å². The van der Waals surface area contributed by atoms with E-state index in [0.29, 0.717) is 10.8 Å². The summed E-state index contributed by atoms with van der Waals surface area (Å²) in [5, 5.41) is 4.04. The molecule has 0 amide bonds. The molecule has 5 rings (SSSR count). The fourth-order valence-electron chi connectivity index (χ4n) is 5.09. The average Bonchev–Trinajstić information content (AvgIpc) is 3.38. The van der Waals surface area contributed by atoms with Crippen molar-refractivity contribution in [3.05, 3.63) is 82.9 Å². The molecule has 7 nitrogen and oxygen atoms in total. The van der Waals surface area contributed by atoms with Crippen LogP contribution in [0.15, 0.2) is 71.6 Å². The van der Waals surface area contributed by atoms with Gasteiger partial charge in [-0.3, -0.25) is 4.72 Å². The third kappa shape index (κ3) is 4.35. The molecule has 36 heavy (non-hydrogen) atoms. The second kappa shape index (κ2) is 9.59. The summed E-state index contributed by atoms with van der Waals surface area (Å²) >= 11 is 6.09. The quantitative estimate of drug-likeness (QED) is 0.368. The van der Waals surface area contributed by atoms with Crippen molar-refractivity contribution in [2.24, 2.45) is 5.92 Å². The van der Waals surface area contributed by atoms with E-state index in [1.54, 1.807) is 38.5 Å². The molecule has 1 aliphatic carbocycles. The van der Waals surface area contributed by atoms with Crippen LogP contribution in [0.5, 0.6) is 17.2 Å². The number of hydrogen-bond donors (Lipinski definition) is 2. The van der Waals surface area contributed by atoms with Crippen LogP contribution in [0.3, 0.4) is 0 Å². The standard InChI is InChI=1S/C27H27ClN2O5S/c1-33-17-8-12-25(34-2)22(14-17)27-20-6-4-5-19(20)21-15-18(9-10-23(21)29-27)36(31,32)30-24-13-16(28)7-11-26(24)35-3/h4-5,7-15,19-20,27,29-30H,6H2,1-3H3/t19-,20+,27-/m0/s1. The Morgan fingerprint density at radius 1 is 0.917 bits per heavy atom. The van der Waals surface area contributed by atoms with Crippen LogP contribution >= 0.6 is 11.6 Å². The minimum atomic E-state index is -3.89. The van der Waals surface area contributed by atoms with Crippen LogP contribution in [0.4, 0.5) is 11.4 Å². The lowest BCUT2D eigenvalue weighted by Crippen LogP contribution is -2.29. The van der Waals surface area contributed by atoms with Gasteiger partial charge < -0.3 is 19.5 Å². The van der Waals surface area contributed by atoms with Crippen molar-refractivity contribution in [3.63, 3.8) is 0 Å². The molecule has 188 valence electrons. The van der Waals surface area contributed by atoms with Gasteiger partial charge in [0.05, 0.1) is 38.0 Å². The number of sulfonamides is 1. The molecule has 9 heteroatoms. The summed E-state index contributed by atoms with van der Waals surface area (Å²) in [4.78, 5) is 0.168. The van der Waals surface area contributed by atoms with Gasteiger partial charge in [-0.15, -0.1) is 0 Å². The van der Waals surface area contributed by atoms with Crippen LogP contribution in [-0.2, 0) is 10.0 Å². The molecule has 1 aliphatic heterocycles. The first kappa shape index (κ1) is 24.3. The zero-order valence-electron chi connectivity index (χ0n) is 20.1. The Kier molecular flexibility index (Phi) is 6.49. The first-order valence-corrected chi connectivity index (χ1v) is 13.4. The van der Waals surface area contributed by atoms with Crippen LogP contribution in [0, 0.1) is 5.92 Å². The lowest BCUT2D eigenvalue weighted by Gasteiger charge is -2.38. The largest absolute Gasteiger partial charge is 0.497 e. The van der Waals surface area contributed by atoms with Crippen LogP contribution in [0.1, 0.15) is 29.5 Å². The predicted molar refractivity (Wildman–Crippen MR) is 141 cm³/mol. The van der Waals surface area contributed by atoms with Gasteiger partial charge >= 0.3 is 0 Å². The van der Waals surface area contributed by atoms with E-state index < -0.39 is 10.0 Å². The SMILES string of the molecule is COc1ccc(OC)c([C@H]2Nc3ccc(S(=O)(=O)Nc4cc(Cl)ccc4OC)cc3[C@H]3C=CC[C@H]32)c1. The van der Waals surface area contributed by atoms with Crippen molar-refractivity contribution < 1.29 is 22.6 Å². The maximum Gasteiger partial charge on any atom is 0.262 e. The molecule has 0 saturated carbocycles. The van der Waals surface area contributed by atoms with Crippen molar-refractivity contribution in [1.82, 2.24) is 0 Å². The number of fused-ring (bicyclic) bond motifs is 3. The molecule has 3 atom stereocenters. The Bertz CT molecular complexity index is 1440. The number of halogens is 1. The minimum Gasteiger partial charge on any atom is -0.497 e. The fourth-order valence-corrected chi connectivity index (χ4v) is 6.36. The van der Waals surface area contributed by atoms with E-state index in [2.05, 4.69) is 22.2 Å². The highest BCUT2D eigenvalue weighted by molar-refractivity contribution is 7.92. The predicted octanol–water partition coefficient (Wildman–Crippen LogP) is 5.99. The first-order chi connectivity index (χ1) is 17.3. The number of anilines is 2. The second-order valence-electron chi connectivity index (χ2n) is 8.78. The molecule has 0 saturated heterocycles. The lowest BCUT2D eigenvalue weighted by molar-refractivity contribution is 0.374. The van der Waals surface area contributed by atoms with Gasteiger partial charge in [-0.1, -0.05) is 23.8 Å². The van der Waals surface area contributed by atoms with E-state index in [1.165, 1.54) is 13.2 Å². The van der Waals surface area contributed by atoms with E-state index >= 15 is 0 Å². The van der Waals surface area contributed by atoms with Gasteiger partial charge in [0.25, 0.3) is 10.0 Å². The molecule has 3 aromatic carbocycles. The van der Waals surface area contributed by atoms with Crippen LogP contribution in [0.25, 0.3) is 0 Å². The highest BCUT2D eigenvalue weighted by Gasteiger charge is 2.39. The summed E-state index contributed by atoms with van der Waals surface area (Å²) in [5.74, 6) is 2.16. The molecular formula is C27H27ClN2O5S. The highest BCUT2D eigenvalue weighted by atomic mass is 35.5. The summed E-state index contributed by atoms with van der Waals surface area (Å²) in [6, 6.07) is 15.7. The maximum absolute atomic E-state index is 13.3. The molecular weight excluding hydrogens is 500 g/mol. The first-order valence-electron chi connectivity index (χ1n) is 11.5. The van der Waals surface area contributed by atoms with Gasteiger partial charge in [0.2, 0.25) is 0 Å². The number of ether oxygens (including phenoxy) is 3. The zero-order chi connectivity index (χ0) is 25.4. The third-order valence-corrected chi connectivity index (χ3v) is 8.42. The van der Waals surface area contributed by atoms with Gasteiger partial charge in [0.15, 0.2) is 0 Å². The molecule has 3 aromatic rings. The summed E-state index contributed by atoms with van der Waals surface area (Å²) < 4.78 is 45.7. The molecule has 0 fully saturated rings. The van der Waals surface area contributed by atoms with Crippen molar-refractivity contribution >= 4 is 33.0 Å². The Morgan fingerprint density at radius 3 is 2.44 bits per heavy atom. The number of nitrogens with one attached hydrogen (secondary N) is 2. The number of hydrogen-bond acceptors (Lipinski definition) is 6. The number of methoxy groups -OCH3 is 3. The van der Waals surface area contributed by atoms with E-state index in [9.17, 15) is 8.42 Å². The van der Waals surface area contributed by atoms with Crippen LogP contribution < -0.4 is 24.2 Å². The molecule has 0 unspecified atom stereocenters. The number of rotatable bonds is 7. The van der Waals surface area contributed by atoms with Gasteiger partial charge in [-0.2, -0.15) is 0 Å². The zero-order valence-corrected chi connectivity index (χ0v) is 21.7. The smallest absolute Gasteiger partial charge is 0.262 e. The Hall–Kier alpha value is -3.36. The number of benzene rings is 3. The van der Waals surface area contributed by atoms with E-state index in [0.717, 1.165) is 34.7 Å². The summed E-state index contributed by atoms with van der Waals surface area (Å²) in [6.45, 7) is 0. The van der Waals surface area contributed by atoms with E-state index in [-0.39, 0.29) is 28.5 Å². The molecule has 0 aromatic heterocycles. The van der Waals surface area contributed by atoms with Crippen molar-refractivity contribution in [1.29, 1.82) is 0 Å². The molecule has 0 radical (unpaired) electrons. The lowest BCUT2D eigenvalue weighted by atomic mass is 9.77. The molecule has 2 N–H and O–H groups in total. The highest BCUT2D eigenvalue weighted by Crippen LogP contribution is 2.52. The average molecular weight is 527 g/mol.